The fraction of sp³-hybridized carbons (Fsp3) is 0.526. The van der Waals surface area contributed by atoms with Gasteiger partial charge in [0.25, 0.3) is 0 Å². The smallest absolute Gasteiger partial charge is 0.123 e. The van der Waals surface area contributed by atoms with Crippen molar-refractivity contribution in [2.75, 3.05) is 20.3 Å². The van der Waals surface area contributed by atoms with E-state index in [1.165, 1.54) is 23.4 Å². The lowest BCUT2D eigenvalue weighted by molar-refractivity contribution is 0.256. The minimum absolute atomic E-state index is 0.265. The highest BCUT2D eigenvalue weighted by Crippen LogP contribution is 2.38. The van der Waals surface area contributed by atoms with E-state index in [1.54, 1.807) is 7.11 Å². The van der Waals surface area contributed by atoms with Crippen molar-refractivity contribution in [3.8, 4) is 16.3 Å². The maximum atomic E-state index is 9.05. The van der Waals surface area contributed by atoms with Gasteiger partial charge in [-0.25, -0.2) is 4.98 Å². The van der Waals surface area contributed by atoms with E-state index in [-0.39, 0.29) is 6.61 Å². The van der Waals surface area contributed by atoms with Gasteiger partial charge in [0, 0.05) is 23.1 Å². The Labute approximate surface area is 147 Å². The molecule has 2 aromatic rings. The molecule has 0 fully saturated rings. The molecular formula is C19H26N2O2S. The lowest BCUT2D eigenvalue weighted by atomic mass is 9.97. The number of methoxy groups -OCH3 is 1. The van der Waals surface area contributed by atoms with Crippen LogP contribution in [0, 0.1) is 5.92 Å². The van der Waals surface area contributed by atoms with Crippen LogP contribution in [-0.4, -0.2) is 30.4 Å². The monoisotopic (exact) mass is 346 g/mol. The van der Waals surface area contributed by atoms with Crippen molar-refractivity contribution in [2.45, 2.75) is 38.6 Å². The number of nitrogens with one attached hydrogen (secondary N) is 1. The molecule has 0 saturated heterocycles. The SMILES string of the molecule is COc1ccc(-c2nc3c(s2)C(NCC(C)CCO)CCC3)cc1. The van der Waals surface area contributed by atoms with Crippen LogP contribution < -0.4 is 10.1 Å². The third-order valence-electron chi connectivity index (χ3n) is 4.62. The molecule has 130 valence electrons. The molecule has 24 heavy (non-hydrogen) atoms. The molecule has 1 aromatic heterocycles. The number of thiazole rings is 1. The maximum absolute atomic E-state index is 9.05. The van der Waals surface area contributed by atoms with Crippen molar-refractivity contribution in [1.82, 2.24) is 10.3 Å². The van der Waals surface area contributed by atoms with Gasteiger partial charge >= 0.3 is 0 Å². The number of hydrogen-bond donors (Lipinski definition) is 2. The summed E-state index contributed by atoms with van der Waals surface area (Å²) in [5.41, 5.74) is 2.41. The van der Waals surface area contributed by atoms with Crippen LogP contribution in [0.3, 0.4) is 0 Å². The molecule has 0 aliphatic heterocycles. The quantitative estimate of drug-likeness (QED) is 0.800. The number of hydrogen-bond acceptors (Lipinski definition) is 5. The second-order valence-corrected chi connectivity index (χ2v) is 7.56. The molecule has 0 spiro atoms. The first-order chi connectivity index (χ1) is 11.7. The van der Waals surface area contributed by atoms with Gasteiger partial charge in [-0.1, -0.05) is 6.92 Å². The van der Waals surface area contributed by atoms with Crippen molar-refractivity contribution < 1.29 is 9.84 Å². The van der Waals surface area contributed by atoms with Crippen LogP contribution in [0.1, 0.15) is 42.8 Å². The molecule has 0 amide bonds. The fourth-order valence-corrected chi connectivity index (χ4v) is 4.36. The Morgan fingerprint density at radius 3 is 2.88 bits per heavy atom. The lowest BCUT2D eigenvalue weighted by Crippen LogP contribution is -2.28. The van der Waals surface area contributed by atoms with Gasteiger partial charge in [0.05, 0.1) is 12.8 Å². The Balaban J connectivity index is 1.74. The summed E-state index contributed by atoms with van der Waals surface area (Å²) in [6.45, 7) is 3.39. The maximum Gasteiger partial charge on any atom is 0.123 e. The predicted molar refractivity (Wildman–Crippen MR) is 98.7 cm³/mol. The summed E-state index contributed by atoms with van der Waals surface area (Å²) >= 11 is 1.81. The fourth-order valence-electron chi connectivity index (χ4n) is 3.14. The first-order valence-corrected chi connectivity index (χ1v) is 9.51. The van der Waals surface area contributed by atoms with E-state index in [0.29, 0.717) is 12.0 Å². The topological polar surface area (TPSA) is 54.4 Å². The molecule has 2 unspecified atom stereocenters. The van der Waals surface area contributed by atoms with E-state index < -0.39 is 0 Å². The average Bonchev–Trinajstić information content (AvgIpc) is 3.05. The summed E-state index contributed by atoms with van der Waals surface area (Å²) in [5, 5.41) is 13.8. The third kappa shape index (κ3) is 3.97. The number of rotatable bonds is 7. The zero-order valence-corrected chi connectivity index (χ0v) is 15.2. The zero-order valence-electron chi connectivity index (χ0n) is 14.4. The third-order valence-corrected chi connectivity index (χ3v) is 5.88. The zero-order chi connectivity index (χ0) is 16.9. The minimum Gasteiger partial charge on any atom is -0.497 e. The molecule has 2 atom stereocenters. The van der Waals surface area contributed by atoms with E-state index >= 15 is 0 Å². The molecule has 5 heteroatoms. The van der Waals surface area contributed by atoms with Crippen LogP contribution in [0.25, 0.3) is 10.6 Å². The van der Waals surface area contributed by atoms with E-state index in [4.69, 9.17) is 14.8 Å². The second kappa shape index (κ2) is 8.10. The van der Waals surface area contributed by atoms with Gasteiger partial charge in [-0.15, -0.1) is 11.3 Å². The number of nitrogens with zero attached hydrogens (tertiary/aromatic N) is 1. The molecule has 1 aromatic carbocycles. The van der Waals surface area contributed by atoms with Crippen LogP contribution in [0.2, 0.25) is 0 Å². The van der Waals surface area contributed by atoms with Gasteiger partial charge in [0.15, 0.2) is 0 Å². The number of ether oxygens (including phenoxy) is 1. The number of aliphatic hydroxyl groups excluding tert-OH is 1. The van der Waals surface area contributed by atoms with Crippen LogP contribution in [0.5, 0.6) is 5.75 Å². The number of fused-ring (bicyclic) bond motifs is 1. The van der Waals surface area contributed by atoms with Gasteiger partial charge in [-0.2, -0.15) is 0 Å². The number of aromatic nitrogens is 1. The summed E-state index contributed by atoms with van der Waals surface area (Å²) in [4.78, 5) is 6.28. The summed E-state index contributed by atoms with van der Waals surface area (Å²) in [6, 6.07) is 8.53. The van der Waals surface area contributed by atoms with Gasteiger partial charge in [-0.3, -0.25) is 0 Å². The van der Waals surface area contributed by atoms with E-state index in [2.05, 4.69) is 24.4 Å². The molecule has 1 heterocycles. The average molecular weight is 346 g/mol. The van der Waals surface area contributed by atoms with Crippen molar-refractivity contribution in [3.05, 3.63) is 34.8 Å². The first kappa shape index (κ1) is 17.4. The van der Waals surface area contributed by atoms with Gasteiger partial charge in [-0.05, 0) is 62.4 Å². The Morgan fingerprint density at radius 1 is 1.38 bits per heavy atom. The van der Waals surface area contributed by atoms with Gasteiger partial charge in [0.1, 0.15) is 10.8 Å². The highest BCUT2D eigenvalue weighted by Gasteiger charge is 2.25. The molecule has 0 bridgehead atoms. The van der Waals surface area contributed by atoms with Crippen molar-refractivity contribution in [2.24, 2.45) is 5.92 Å². The Morgan fingerprint density at radius 2 is 2.17 bits per heavy atom. The number of aryl methyl sites for hydroxylation is 1. The van der Waals surface area contributed by atoms with Crippen LogP contribution in [-0.2, 0) is 6.42 Å². The molecule has 4 nitrogen and oxygen atoms in total. The van der Waals surface area contributed by atoms with Crippen LogP contribution >= 0.6 is 11.3 Å². The highest BCUT2D eigenvalue weighted by molar-refractivity contribution is 7.15. The van der Waals surface area contributed by atoms with Crippen molar-refractivity contribution in [3.63, 3.8) is 0 Å². The number of benzene rings is 1. The lowest BCUT2D eigenvalue weighted by Gasteiger charge is -2.24. The summed E-state index contributed by atoms with van der Waals surface area (Å²) in [7, 11) is 1.69. The van der Waals surface area contributed by atoms with Gasteiger partial charge < -0.3 is 15.2 Å². The molecule has 1 aliphatic carbocycles. The Bertz CT molecular complexity index is 654. The molecule has 1 aliphatic rings. The Hall–Kier alpha value is -1.43. The molecule has 0 radical (unpaired) electrons. The molecule has 3 rings (SSSR count). The van der Waals surface area contributed by atoms with Crippen molar-refractivity contribution in [1.29, 1.82) is 0 Å². The first-order valence-electron chi connectivity index (χ1n) is 8.69. The molecular weight excluding hydrogens is 320 g/mol. The van der Waals surface area contributed by atoms with Crippen molar-refractivity contribution >= 4 is 11.3 Å². The molecule has 2 N–H and O–H groups in total. The molecule has 0 saturated carbocycles. The standard InChI is InChI=1S/C19H26N2O2S/c1-13(10-11-22)12-20-16-4-3-5-17-18(16)24-19(21-17)14-6-8-15(23-2)9-7-14/h6-9,13,16,20,22H,3-5,10-12H2,1-2H3. The summed E-state index contributed by atoms with van der Waals surface area (Å²) in [5.74, 6) is 1.37. The predicted octanol–water partition coefficient (Wildman–Crippen LogP) is 3.80. The second-order valence-electron chi connectivity index (χ2n) is 6.53. The van der Waals surface area contributed by atoms with Gasteiger partial charge in [0.2, 0.25) is 0 Å². The highest BCUT2D eigenvalue weighted by atomic mass is 32.1. The van der Waals surface area contributed by atoms with Crippen LogP contribution in [0.15, 0.2) is 24.3 Å². The van der Waals surface area contributed by atoms with E-state index in [1.807, 2.05) is 23.5 Å². The Kier molecular flexibility index (Phi) is 5.87. The summed E-state index contributed by atoms with van der Waals surface area (Å²) < 4.78 is 5.23. The van der Waals surface area contributed by atoms with E-state index in [9.17, 15) is 0 Å². The van der Waals surface area contributed by atoms with E-state index in [0.717, 1.165) is 35.7 Å². The largest absolute Gasteiger partial charge is 0.497 e. The minimum atomic E-state index is 0.265. The number of aliphatic hydroxyl groups is 1. The van der Waals surface area contributed by atoms with Crippen LogP contribution in [0.4, 0.5) is 0 Å². The summed E-state index contributed by atoms with van der Waals surface area (Å²) in [6.07, 6.45) is 4.28. The normalized spacial score (nSPS) is 18.2.